The summed E-state index contributed by atoms with van der Waals surface area (Å²) in [5, 5.41) is 8.87. The van der Waals surface area contributed by atoms with E-state index in [4.69, 9.17) is 9.94 Å². The van der Waals surface area contributed by atoms with Gasteiger partial charge in [-0.15, -0.1) is 0 Å². The Labute approximate surface area is 91.0 Å². The summed E-state index contributed by atoms with van der Waals surface area (Å²) in [7, 11) is 0. The molecule has 1 rings (SSSR count). The van der Waals surface area contributed by atoms with Gasteiger partial charge in [0.2, 0.25) is 0 Å². The van der Waals surface area contributed by atoms with Gasteiger partial charge in [0.1, 0.15) is 12.1 Å². The Kier molecular flexibility index (Phi) is 5.05. The van der Waals surface area contributed by atoms with Gasteiger partial charge in [0.25, 0.3) is 0 Å². The standard InChI is InChI=1S/C11H21NO3/c1-8(2)7-10(12-14)11(13)15-9-5-3-4-6-9/h8-10,12,14H,3-7H2,1-2H3/t10-/m0/s1. The Bertz CT molecular complexity index is 200. The number of ether oxygens (including phenoxy) is 1. The first-order chi connectivity index (χ1) is 7.13. The third kappa shape index (κ3) is 4.18. The molecule has 2 N–H and O–H groups in total. The average Bonchev–Trinajstić information content (AvgIpc) is 2.66. The van der Waals surface area contributed by atoms with Crippen LogP contribution in [0.3, 0.4) is 0 Å². The first-order valence-electron chi connectivity index (χ1n) is 5.73. The lowest BCUT2D eigenvalue weighted by Gasteiger charge is -2.18. The molecule has 0 bridgehead atoms. The Morgan fingerprint density at radius 3 is 2.53 bits per heavy atom. The number of carbonyl (C=O) groups excluding carboxylic acids is 1. The van der Waals surface area contributed by atoms with Crippen LogP contribution in [0.1, 0.15) is 46.0 Å². The minimum Gasteiger partial charge on any atom is -0.461 e. The molecular weight excluding hydrogens is 194 g/mol. The average molecular weight is 215 g/mol. The first kappa shape index (κ1) is 12.5. The van der Waals surface area contributed by atoms with Gasteiger partial charge in [-0.05, 0) is 38.0 Å². The van der Waals surface area contributed by atoms with Crippen molar-refractivity contribution in [3.05, 3.63) is 0 Å². The van der Waals surface area contributed by atoms with Crippen molar-refractivity contribution in [2.75, 3.05) is 0 Å². The van der Waals surface area contributed by atoms with Crippen LogP contribution in [0, 0.1) is 5.92 Å². The maximum absolute atomic E-state index is 11.6. The van der Waals surface area contributed by atoms with Crippen LogP contribution in [-0.2, 0) is 9.53 Å². The highest BCUT2D eigenvalue weighted by Crippen LogP contribution is 2.21. The zero-order valence-corrected chi connectivity index (χ0v) is 9.53. The number of carbonyl (C=O) groups is 1. The number of nitrogens with one attached hydrogen (secondary N) is 1. The summed E-state index contributed by atoms with van der Waals surface area (Å²) < 4.78 is 5.30. The molecule has 0 aliphatic heterocycles. The molecule has 4 heteroatoms. The van der Waals surface area contributed by atoms with Crippen molar-refractivity contribution in [2.45, 2.75) is 58.1 Å². The van der Waals surface area contributed by atoms with Gasteiger partial charge in [0.05, 0.1) is 0 Å². The van der Waals surface area contributed by atoms with E-state index in [0.717, 1.165) is 25.7 Å². The summed E-state index contributed by atoms with van der Waals surface area (Å²) in [6.45, 7) is 4.01. The van der Waals surface area contributed by atoms with Gasteiger partial charge >= 0.3 is 5.97 Å². The highest BCUT2D eigenvalue weighted by Gasteiger charge is 2.25. The van der Waals surface area contributed by atoms with Crippen LogP contribution in [-0.4, -0.2) is 23.3 Å². The van der Waals surface area contributed by atoms with E-state index in [0.29, 0.717) is 12.3 Å². The van der Waals surface area contributed by atoms with Gasteiger partial charge in [-0.2, -0.15) is 5.48 Å². The van der Waals surface area contributed by atoms with Crippen molar-refractivity contribution in [1.29, 1.82) is 0 Å². The number of esters is 1. The maximum Gasteiger partial charge on any atom is 0.325 e. The molecule has 1 saturated carbocycles. The molecule has 0 saturated heterocycles. The summed E-state index contributed by atoms with van der Waals surface area (Å²) in [5.74, 6) is 0.0314. The van der Waals surface area contributed by atoms with Crippen molar-refractivity contribution in [2.24, 2.45) is 5.92 Å². The number of hydrogen-bond acceptors (Lipinski definition) is 4. The second-order valence-corrected chi connectivity index (χ2v) is 4.65. The summed E-state index contributed by atoms with van der Waals surface area (Å²) in [6, 6.07) is -0.578. The SMILES string of the molecule is CC(C)C[C@H](NO)C(=O)OC1CCCC1. The zero-order valence-electron chi connectivity index (χ0n) is 9.53. The maximum atomic E-state index is 11.6. The number of hydrogen-bond donors (Lipinski definition) is 2. The molecule has 88 valence electrons. The van der Waals surface area contributed by atoms with E-state index in [9.17, 15) is 4.79 Å². The molecule has 1 aliphatic rings. The molecule has 15 heavy (non-hydrogen) atoms. The Morgan fingerprint density at radius 2 is 2.07 bits per heavy atom. The van der Waals surface area contributed by atoms with Gasteiger partial charge in [0, 0.05) is 0 Å². The fourth-order valence-corrected chi connectivity index (χ4v) is 1.93. The summed E-state index contributed by atoms with van der Waals surface area (Å²) in [6.07, 6.45) is 4.87. The molecular formula is C11H21NO3. The minimum absolute atomic E-state index is 0.0699. The summed E-state index contributed by atoms with van der Waals surface area (Å²) >= 11 is 0. The molecule has 1 atom stereocenters. The largest absolute Gasteiger partial charge is 0.461 e. The molecule has 0 unspecified atom stereocenters. The molecule has 0 aromatic heterocycles. The van der Waals surface area contributed by atoms with Crippen molar-refractivity contribution in [1.82, 2.24) is 5.48 Å². The Morgan fingerprint density at radius 1 is 1.47 bits per heavy atom. The minimum atomic E-state index is -0.578. The fourth-order valence-electron chi connectivity index (χ4n) is 1.93. The van der Waals surface area contributed by atoms with Crippen LogP contribution < -0.4 is 5.48 Å². The first-order valence-corrected chi connectivity index (χ1v) is 5.73. The molecule has 1 fully saturated rings. The second kappa shape index (κ2) is 6.08. The molecule has 0 amide bonds. The lowest BCUT2D eigenvalue weighted by Crippen LogP contribution is -2.38. The summed E-state index contributed by atoms with van der Waals surface area (Å²) in [4.78, 5) is 11.6. The Hall–Kier alpha value is -0.610. The number of hydroxylamine groups is 1. The number of rotatable bonds is 5. The van der Waals surface area contributed by atoms with Crippen molar-refractivity contribution >= 4 is 5.97 Å². The highest BCUT2D eigenvalue weighted by atomic mass is 16.6. The molecule has 0 radical (unpaired) electrons. The molecule has 0 spiro atoms. The predicted octanol–water partition coefficient (Wildman–Crippen LogP) is 1.87. The monoisotopic (exact) mass is 215 g/mol. The van der Waals surface area contributed by atoms with Crippen LogP contribution in [0.4, 0.5) is 0 Å². The van der Waals surface area contributed by atoms with E-state index in [1.807, 2.05) is 19.3 Å². The van der Waals surface area contributed by atoms with Crippen LogP contribution in [0.25, 0.3) is 0 Å². The van der Waals surface area contributed by atoms with Gasteiger partial charge in [-0.1, -0.05) is 13.8 Å². The van der Waals surface area contributed by atoms with Gasteiger partial charge in [-0.25, -0.2) is 0 Å². The van der Waals surface area contributed by atoms with Crippen LogP contribution >= 0.6 is 0 Å². The van der Waals surface area contributed by atoms with Crippen LogP contribution in [0.2, 0.25) is 0 Å². The van der Waals surface area contributed by atoms with E-state index in [1.165, 1.54) is 0 Å². The lowest BCUT2D eigenvalue weighted by atomic mass is 10.0. The van der Waals surface area contributed by atoms with E-state index in [-0.39, 0.29) is 12.1 Å². The molecule has 0 heterocycles. The van der Waals surface area contributed by atoms with E-state index < -0.39 is 6.04 Å². The third-order valence-corrected chi connectivity index (χ3v) is 2.73. The third-order valence-electron chi connectivity index (χ3n) is 2.73. The van der Waals surface area contributed by atoms with Gasteiger partial charge < -0.3 is 9.94 Å². The second-order valence-electron chi connectivity index (χ2n) is 4.65. The zero-order chi connectivity index (χ0) is 11.3. The van der Waals surface area contributed by atoms with Crippen molar-refractivity contribution < 1.29 is 14.7 Å². The van der Waals surface area contributed by atoms with E-state index >= 15 is 0 Å². The van der Waals surface area contributed by atoms with Crippen molar-refractivity contribution in [3.8, 4) is 0 Å². The molecule has 1 aliphatic carbocycles. The quantitative estimate of drug-likeness (QED) is 0.543. The van der Waals surface area contributed by atoms with Crippen LogP contribution in [0.5, 0.6) is 0 Å². The van der Waals surface area contributed by atoms with Gasteiger partial charge in [-0.3, -0.25) is 4.79 Å². The smallest absolute Gasteiger partial charge is 0.325 e. The molecule has 0 aromatic carbocycles. The fraction of sp³-hybridized carbons (Fsp3) is 0.909. The van der Waals surface area contributed by atoms with Crippen molar-refractivity contribution in [3.63, 3.8) is 0 Å². The normalized spacial score (nSPS) is 19.5. The topological polar surface area (TPSA) is 58.6 Å². The summed E-state index contributed by atoms with van der Waals surface area (Å²) in [5.41, 5.74) is 2.03. The Balaban J connectivity index is 2.34. The van der Waals surface area contributed by atoms with Crippen LogP contribution in [0.15, 0.2) is 0 Å². The predicted molar refractivity (Wildman–Crippen MR) is 56.5 cm³/mol. The highest BCUT2D eigenvalue weighted by molar-refractivity contribution is 5.75. The molecule has 4 nitrogen and oxygen atoms in total. The van der Waals surface area contributed by atoms with E-state index in [2.05, 4.69) is 0 Å². The lowest BCUT2D eigenvalue weighted by molar-refractivity contribution is -0.154. The van der Waals surface area contributed by atoms with Gasteiger partial charge in [0.15, 0.2) is 0 Å². The molecule has 0 aromatic rings. The van der Waals surface area contributed by atoms with E-state index in [1.54, 1.807) is 0 Å².